The van der Waals surface area contributed by atoms with Crippen molar-refractivity contribution in [3.05, 3.63) is 11.9 Å². The number of amides is 1. The summed E-state index contributed by atoms with van der Waals surface area (Å²) in [4.78, 5) is 14.2. The SMILES string of the molecule is O=C([C@@H]1C[C@H]1C1CCCCC1)N1CC(O)(c2cn[nH]n2)C1. The first-order chi connectivity index (χ1) is 10.2. The second kappa shape index (κ2) is 4.80. The second-order valence-corrected chi connectivity index (χ2v) is 6.99. The lowest BCUT2D eigenvalue weighted by Gasteiger charge is -2.45. The van der Waals surface area contributed by atoms with Crippen LogP contribution in [0.1, 0.15) is 44.2 Å². The molecule has 1 saturated heterocycles. The Balaban J connectivity index is 1.32. The Labute approximate surface area is 123 Å². The lowest BCUT2D eigenvalue weighted by molar-refractivity contribution is -0.159. The number of carbonyl (C=O) groups is 1. The highest BCUT2D eigenvalue weighted by Crippen LogP contribution is 2.51. The third-order valence-corrected chi connectivity index (χ3v) is 5.52. The summed E-state index contributed by atoms with van der Waals surface area (Å²) in [5.74, 6) is 1.83. The summed E-state index contributed by atoms with van der Waals surface area (Å²) in [7, 11) is 0. The Morgan fingerprint density at radius 2 is 2.10 bits per heavy atom. The average Bonchev–Trinajstić information content (AvgIpc) is 3.09. The third kappa shape index (κ3) is 2.25. The monoisotopic (exact) mass is 290 g/mol. The van der Waals surface area contributed by atoms with Gasteiger partial charge in [-0.25, -0.2) is 0 Å². The molecule has 3 aliphatic rings. The Kier molecular flexibility index (Phi) is 3.03. The van der Waals surface area contributed by atoms with Gasteiger partial charge in [-0.05, 0) is 18.3 Å². The second-order valence-electron chi connectivity index (χ2n) is 6.99. The van der Waals surface area contributed by atoms with Crippen molar-refractivity contribution >= 4 is 5.91 Å². The Hall–Kier alpha value is -1.43. The van der Waals surface area contributed by atoms with Crippen molar-refractivity contribution in [1.82, 2.24) is 20.3 Å². The highest BCUT2D eigenvalue weighted by atomic mass is 16.3. The topological polar surface area (TPSA) is 82.1 Å². The number of H-pyrrole nitrogens is 1. The van der Waals surface area contributed by atoms with E-state index in [9.17, 15) is 9.90 Å². The molecule has 2 atom stereocenters. The van der Waals surface area contributed by atoms with Crippen LogP contribution in [0.5, 0.6) is 0 Å². The number of rotatable bonds is 3. The Morgan fingerprint density at radius 1 is 1.33 bits per heavy atom. The van der Waals surface area contributed by atoms with E-state index in [1.807, 2.05) is 0 Å². The number of aromatic amines is 1. The van der Waals surface area contributed by atoms with Crippen LogP contribution in [0.3, 0.4) is 0 Å². The van der Waals surface area contributed by atoms with Crippen LogP contribution < -0.4 is 0 Å². The first-order valence-electron chi connectivity index (χ1n) is 8.05. The molecule has 0 unspecified atom stereocenters. The van der Waals surface area contributed by atoms with Crippen molar-refractivity contribution in [2.24, 2.45) is 17.8 Å². The number of aromatic nitrogens is 3. The Morgan fingerprint density at radius 3 is 2.76 bits per heavy atom. The number of nitrogens with zero attached hydrogens (tertiary/aromatic N) is 3. The van der Waals surface area contributed by atoms with Gasteiger partial charge in [-0.3, -0.25) is 4.79 Å². The molecular weight excluding hydrogens is 268 g/mol. The molecule has 0 spiro atoms. The van der Waals surface area contributed by atoms with E-state index in [-0.39, 0.29) is 11.8 Å². The van der Waals surface area contributed by atoms with E-state index in [2.05, 4.69) is 15.4 Å². The normalized spacial score (nSPS) is 31.8. The van der Waals surface area contributed by atoms with Crippen LogP contribution in [0.15, 0.2) is 6.20 Å². The molecule has 1 aliphatic heterocycles. The van der Waals surface area contributed by atoms with Gasteiger partial charge in [0.25, 0.3) is 0 Å². The average molecular weight is 290 g/mol. The maximum atomic E-state index is 12.5. The molecule has 2 N–H and O–H groups in total. The molecule has 0 aromatic carbocycles. The fourth-order valence-electron chi connectivity index (χ4n) is 4.15. The molecule has 3 fully saturated rings. The fourth-order valence-corrected chi connectivity index (χ4v) is 4.15. The van der Waals surface area contributed by atoms with Crippen LogP contribution in [-0.2, 0) is 10.4 Å². The Bertz CT molecular complexity index is 518. The lowest BCUT2D eigenvalue weighted by Crippen LogP contribution is -2.61. The van der Waals surface area contributed by atoms with Gasteiger partial charge >= 0.3 is 0 Å². The van der Waals surface area contributed by atoms with E-state index < -0.39 is 5.60 Å². The minimum absolute atomic E-state index is 0.218. The first-order valence-corrected chi connectivity index (χ1v) is 8.05. The highest BCUT2D eigenvalue weighted by Gasteiger charge is 2.54. The van der Waals surface area contributed by atoms with E-state index in [1.54, 1.807) is 4.90 Å². The minimum atomic E-state index is -1.00. The molecule has 0 radical (unpaired) electrons. The molecule has 1 aromatic rings. The summed E-state index contributed by atoms with van der Waals surface area (Å²) in [6, 6.07) is 0. The van der Waals surface area contributed by atoms with E-state index in [0.29, 0.717) is 24.7 Å². The molecular formula is C15H22N4O2. The van der Waals surface area contributed by atoms with Gasteiger partial charge in [0.05, 0.1) is 19.3 Å². The van der Waals surface area contributed by atoms with Gasteiger partial charge in [-0.1, -0.05) is 32.1 Å². The zero-order chi connectivity index (χ0) is 14.4. The van der Waals surface area contributed by atoms with Crippen LogP contribution >= 0.6 is 0 Å². The summed E-state index contributed by atoms with van der Waals surface area (Å²) in [5, 5.41) is 20.5. The lowest BCUT2D eigenvalue weighted by atomic mass is 9.84. The summed E-state index contributed by atoms with van der Waals surface area (Å²) >= 11 is 0. The number of nitrogens with one attached hydrogen (secondary N) is 1. The van der Waals surface area contributed by atoms with Gasteiger partial charge in [-0.15, -0.1) is 0 Å². The number of hydrogen-bond donors (Lipinski definition) is 2. The molecule has 1 amide bonds. The van der Waals surface area contributed by atoms with Crippen molar-refractivity contribution < 1.29 is 9.90 Å². The first kappa shape index (κ1) is 13.2. The van der Waals surface area contributed by atoms with Gasteiger partial charge < -0.3 is 10.0 Å². The molecule has 1 aromatic heterocycles. The maximum absolute atomic E-state index is 12.5. The van der Waals surface area contributed by atoms with Crippen LogP contribution in [0, 0.1) is 17.8 Å². The molecule has 21 heavy (non-hydrogen) atoms. The van der Waals surface area contributed by atoms with Gasteiger partial charge in [0.2, 0.25) is 5.91 Å². The quantitative estimate of drug-likeness (QED) is 0.872. The minimum Gasteiger partial charge on any atom is -0.380 e. The summed E-state index contributed by atoms with van der Waals surface area (Å²) in [5.41, 5.74) is -0.469. The largest absolute Gasteiger partial charge is 0.380 e. The third-order valence-electron chi connectivity index (χ3n) is 5.52. The van der Waals surface area contributed by atoms with E-state index in [0.717, 1.165) is 12.3 Å². The molecule has 6 nitrogen and oxygen atoms in total. The van der Waals surface area contributed by atoms with Gasteiger partial charge in [0, 0.05) is 5.92 Å². The van der Waals surface area contributed by atoms with Crippen LogP contribution in [-0.4, -0.2) is 44.4 Å². The van der Waals surface area contributed by atoms with E-state index >= 15 is 0 Å². The maximum Gasteiger partial charge on any atom is 0.226 e. The summed E-state index contributed by atoms with van der Waals surface area (Å²) in [6.07, 6.45) is 9.22. The molecule has 4 rings (SSSR count). The zero-order valence-corrected chi connectivity index (χ0v) is 12.2. The fraction of sp³-hybridized carbons (Fsp3) is 0.800. The van der Waals surface area contributed by atoms with Gasteiger partial charge in [0.15, 0.2) is 0 Å². The predicted octanol–water partition coefficient (Wildman–Crippen LogP) is 1.05. The number of carbonyl (C=O) groups excluding carboxylic acids is 1. The number of aliphatic hydroxyl groups is 1. The number of β-amino-alcohol motifs (C(OH)–C–C–N with tert-alkyl or cyclic N) is 1. The van der Waals surface area contributed by atoms with E-state index in [4.69, 9.17) is 0 Å². The predicted molar refractivity (Wildman–Crippen MR) is 75.0 cm³/mol. The smallest absolute Gasteiger partial charge is 0.226 e. The van der Waals surface area contributed by atoms with Crippen molar-refractivity contribution in [3.63, 3.8) is 0 Å². The van der Waals surface area contributed by atoms with E-state index in [1.165, 1.54) is 38.3 Å². The zero-order valence-electron chi connectivity index (χ0n) is 12.2. The molecule has 0 bridgehead atoms. The molecule has 2 saturated carbocycles. The number of hydrogen-bond acceptors (Lipinski definition) is 4. The van der Waals surface area contributed by atoms with Crippen LogP contribution in [0.4, 0.5) is 0 Å². The molecule has 114 valence electrons. The van der Waals surface area contributed by atoms with Crippen molar-refractivity contribution in [2.75, 3.05) is 13.1 Å². The standard InChI is InChI=1S/C15H22N4O2/c20-14(12-6-11(12)10-4-2-1-3-5-10)19-8-15(21,9-19)13-7-16-18-17-13/h7,10-12,21H,1-6,8-9H2,(H,16,17,18)/t11-,12+/m0/s1. The van der Waals surface area contributed by atoms with Crippen LogP contribution in [0.25, 0.3) is 0 Å². The van der Waals surface area contributed by atoms with Crippen LogP contribution in [0.2, 0.25) is 0 Å². The van der Waals surface area contributed by atoms with Crippen molar-refractivity contribution in [2.45, 2.75) is 44.1 Å². The molecule has 2 heterocycles. The molecule has 2 aliphatic carbocycles. The van der Waals surface area contributed by atoms with Gasteiger partial charge in [0.1, 0.15) is 11.3 Å². The van der Waals surface area contributed by atoms with Crippen molar-refractivity contribution in [1.29, 1.82) is 0 Å². The summed E-state index contributed by atoms with van der Waals surface area (Å²) in [6.45, 7) is 0.707. The summed E-state index contributed by atoms with van der Waals surface area (Å²) < 4.78 is 0. The highest BCUT2D eigenvalue weighted by molar-refractivity contribution is 5.82. The molecule has 6 heteroatoms. The van der Waals surface area contributed by atoms with Gasteiger partial charge in [-0.2, -0.15) is 15.4 Å². The number of likely N-dealkylation sites (tertiary alicyclic amines) is 1. The van der Waals surface area contributed by atoms with Crippen molar-refractivity contribution in [3.8, 4) is 0 Å².